The molecule has 9 heteroatoms. The normalized spacial score (nSPS) is 11.1. The van der Waals surface area contributed by atoms with Crippen LogP contribution in [-0.4, -0.2) is 23.7 Å². The summed E-state index contributed by atoms with van der Waals surface area (Å²) < 4.78 is 30.4. The standard InChI is InChI=1S/C11H12N4O3S2/c1-7-12-11(19-14-7)15-20(17,18)10-5-3-9(4-6-10)13-8(2)16/h3-6H,1-2H3,(H,13,16)(H,12,14,15). The van der Waals surface area contributed by atoms with Gasteiger partial charge in [-0.3, -0.25) is 9.52 Å². The van der Waals surface area contributed by atoms with Gasteiger partial charge < -0.3 is 5.32 Å². The average molecular weight is 312 g/mol. The number of benzene rings is 1. The Hall–Kier alpha value is -2.00. The van der Waals surface area contributed by atoms with Crippen molar-refractivity contribution in [3.05, 3.63) is 30.1 Å². The molecule has 0 aliphatic rings. The lowest BCUT2D eigenvalue weighted by Gasteiger charge is -2.06. The highest BCUT2D eigenvalue weighted by Gasteiger charge is 2.16. The summed E-state index contributed by atoms with van der Waals surface area (Å²) in [7, 11) is -3.70. The minimum Gasteiger partial charge on any atom is -0.326 e. The molecule has 20 heavy (non-hydrogen) atoms. The van der Waals surface area contributed by atoms with Crippen molar-refractivity contribution in [3.8, 4) is 0 Å². The molecule has 0 aliphatic carbocycles. The van der Waals surface area contributed by atoms with Gasteiger partial charge in [0.1, 0.15) is 5.82 Å². The van der Waals surface area contributed by atoms with Crippen LogP contribution < -0.4 is 10.0 Å². The van der Waals surface area contributed by atoms with Crippen molar-refractivity contribution in [2.45, 2.75) is 18.7 Å². The summed E-state index contributed by atoms with van der Waals surface area (Å²) >= 11 is 0.974. The fourth-order valence-electron chi connectivity index (χ4n) is 1.43. The Bertz CT molecular complexity index is 722. The van der Waals surface area contributed by atoms with Crippen LogP contribution in [0.15, 0.2) is 29.2 Å². The molecule has 0 aliphatic heterocycles. The average Bonchev–Trinajstić information content (AvgIpc) is 2.74. The third-order valence-electron chi connectivity index (χ3n) is 2.23. The van der Waals surface area contributed by atoms with E-state index in [1.54, 1.807) is 6.92 Å². The number of nitrogens with one attached hydrogen (secondary N) is 2. The summed E-state index contributed by atoms with van der Waals surface area (Å²) in [5.74, 6) is 0.289. The zero-order valence-corrected chi connectivity index (χ0v) is 12.4. The molecule has 1 amide bonds. The van der Waals surface area contributed by atoms with Crippen LogP contribution in [0.5, 0.6) is 0 Å². The van der Waals surface area contributed by atoms with Crippen LogP contribution in [0, 0.1) is 6.92 Å². The highest BCUT2D eigenvalue weighted by molar-refractivity contribution is 7.93. The van der Waals surface area contributed by atoms with E-state index in [9.17, 15) is 13.2 Å². The van der Waals surface area contributed by atoms with Crippen molar-refractivity contribution in [1.82, 2.24) is 9.36 Å². The molecule has 0 unspecified atom stereocenters. The Morgan fingerprint density at radius 2 is 1.90 bits per heavy atom. The van der Waals surface area contributed by atoms with E-state index in [2.05, 4.69) is 19.4 Å². The van der Waals surface area contributed by atoms with Gasteiger partial charge >= 0.3 is 0 Å². The molecule has 106 valence electrons. The van der Waals surface area contributed by atoms with Gasteiger partial charge in [-0.2, -0.15) is 4.37 Å². The van der Waals surface area contributed by atoms with Gasteiger partial charge in [0, 0.05) is 24.1 Å². The van der Waals surface area contributed by atoms with Crippen LogP contribution >= 0.6 is 11.5 Å². The van der Waals surface area contributed by atoms with Crippen molar-refractivity contribution in [2.75, 3.05) is 10.0 Å². The number of sulfonamides is 1. The maximum absolute atomic E-state index is 12.1. The van der Waals surface area contributed by atoms with Crippen molar-refractivity contribution >= 4 is 38.3 Å². The highest BCUT2D eigenvalue weighted by atomic mass is 32.2. The molecule has 2 N–H and O–H groups in total. The fraction of sp³-hybridized carbons (Fsp3) is 0.182. The van der Waals surface area contributed by atoms with E-state index in [-0.39, 0.29) is 15.9 Å². The largest absolute Gasteiger partial charge is 0.326 e. The van der Waals surface area contributed by atoms with E-state index in [0.717, 1.165) is 11.5 Å². The predicted octanol–water partition coefficient (Wildman–Crippen LogP) is 1.61. The molecule has 2 aromatic rings. The molecule has 0 radical (unpaired) electrons. The Balaban J connectivity index is 2.19. The van der Waals surface area contributed by atoms with Crippen LogP contribution in [0.4, 0.5) is 10.8 Å². The van der Waals surface area contributed by atoms with Gasteiger partial charge in [0.2, 0.25) is 11.0 Å². The number of aromatic nitrogens is 2. The highest BCUT2D eigenvalue weighted by Crippen LogP contribution is 2.19. The van der Waals surface area contributed by atoms with Gasteiger partial charge in [0.05, 0.1) is 4.90 Å². The fourth-order valence-corrected chi connectivity index (χ4v) is 3.23. The van der Waals surface area contributed by atoms with Crippen LogP contribution in [0.3, 0.4) is 0 Å². The molecule has 1 heterocycles. The number of amides is 1. The molecule has 0 saturated heterocycles. The van der Waals surface area contributed by atoms with Crippen molar-refractivity contribution < 1.29 is 13.2 Å². The summed E-state index contributed by atoms with van der Waals surface area (Å²) in [5, 5.41) is 2.78. The van der Waals surface area contributed by atoms with E-state index >= 15 is 0 Å². The molecule has 1 aromatic heterocycles. The summed E-state index contributed by atoms with van der Waals surface area (Å²) in [5.41, 5.74) is 0.531. The van der Waals surface area contributed by atoms with Crippen molar-refractivity contribution in [1.29, 1.82) is 0 Å². The first-order chi connectivity index (χ1) is 9.37. The van der Waals surface area contributed by atoms with Crippen LogP contribution in [0.2, 0.25) is 0 Å². The topological polar surface area (TPSA) is 101 Å². The van der Waals surface area contributed by atoms with Gasteiger partial charge in [-0.1, -0.05) is 0 Å². The zero-order valence-electron chi connectivity index (χ0n) is 10.7. The first-order valence-electron chi connectivity index (χ1n) is 5.57. The SMILES string of the molecule is CC(=O)Nc1ccc(S(=O)(=O)Nc2nc(C)ns2)cc1. The second-order valence-corrected chi connectivity index (χ2v) is 6.39. The second kappa shape index (κ2) is 5.55. The number of carbonyl (C=O) groups is 1. The molecule has 0 atom stereocenters. The predicted molar refractivity (Wildman–Crippen MR) is 76.2 cm³/mol. The molecular weight excluding hydrogens is 300 g/mol. The molecule has 7 nitrogen and oxygen atoms in total. The van der Waals surface area contributed by atoms with E-state index in [1.807, 2.05) is 0 Å². The first kappa shape index (κ1) is 14.4. The number of anilines is 2. The lowest BCUT2D eigenvalue weighted by atomic mass is 10.3. The smallest absolute Gasteiger partial charge is 0.263 e. The van der Waals surface area contributed by atoms with Gasteiger partial charge in [-0.15, -0.1) is 0 Å². The van der Waals surface area contributed by atoms with Gasteiger partial charge in [0.15, 0.2) is 0 Å². The second-order valence-electron chi connectivity index (χ2n) is 3.96. The summed E-state index contributed by atoms with van der Waals surface area (Å²) in [4.78, 5) is 14.9. The van der Waals surface area contributed by atoms with E-state index in [4.69, 9.17) is 0 Å². The molecule has 2 rings (SSSR count). The third-order valence-corrected chi connectivity index (χ3v) is 4.44. The molecule has 0 spiro atoms. The maximum Gasteiger partial charge on any atom is 0.263 e. The first-order valence-corrected chi connectivity index (χ1v) is 7.83. The summed E-state index contributed by atoms with van der Waals surface area (Å²) in [6.45, 7) is 3.06. The number of hydrogen-bond donors (Lipinski definition) is 2. The Kier molecular flexibility index (Phi) is 4.00. The molecule has 0 bridgehead atoms. The number of hydrogen-bond acceptors (Lipinski definition) is 6. The molecule has 0 saturated carbocycles. The van der Waals surface area contributed by atoms with Crippen molar-refractivity contribution in [2.24, 2.45) is 0 Å². The number of nitrogens with zero attached hydrogens (tertiary/aromatic N) is 2. The van der Waals surface area contributed by atoms with Crippen LogP contribution in [0.1, 0.15) is 12.7 Å². The third kappa shape index (κ3) is 3.52. The number of aryl methyl sites for hydroxylation is 1. The van der Waals surface area contributed by atoms with Gasteiger partial charge in [0.25, 0.3) is 10.0 Å². The Morgan fingerprint density at radius 3 is 2.40 bits per heavy atom. The Labute approximate surface area is 120 Å². The number of carbonyl (C=O) groups excluding carboxylic acids is 1. The minimum absolute atomic E-state index is 0.0828. The van der Waals surface area contributed by atoms with E-state index in [1.165, 1.54) is 31.2 Å². The van der Waals surface area contributed by atoms with Gasteiger partial charge in [-0.05, 0) is 31.2 Å². The molecular formula is C11H12N4O3S2. The van der Waals surface area contributed by atoms with Crippen LogP contribution in [-0.2, 0) is 14.8 Å². The van der Waals surface area contributed by atoms with E-state index < -0.39 is 10.0 Å². The van der Waals surface area contributed by atoms with Crippen molar-refractivity contribution in [3.63, 3.8) is 0 Å². The molecule has 1 aromatic carbocycles. The lowest BCUT2D eigenvalue weighted by Crippen LogP contribution is -2.13. The van der Waals surface area contributed by atoms with Crippen LogP contribution in [0.25, 0.3) is 0 Å². The minimum atomic E-state index is -3.70. The quantitative estimate of drug-likeness (QED) is 0.893. The molecule has 0 fully saturated rings. The zero-order chi connectivity index (χ0) is 14.8. The number of rotatable bonds is 4. The van der Waals surface area contributed by atoms with Gasteiger partial charge in [-0.25, -0.2) is 13.4 Å². The monoisotopic (exact) mass is 312 g/mol. The Morgan fingerprint density at radius 1 is 1.25 bits per heavy atom. The lowest BCUT2D eigenvalue weighted by molar-refractivity contribution is -0.114. The summed E-state index contributed by atoms with van der Waals surface area (Å²) in [6.07, 6.45) is 0. The summed E-state index contributed by atoms with van der Waals surface area (Å²) in [6, 6.07) is 5.84. The maximum atomic E-state index is 12.1. The van der Waals surface area contributed by atoms with E-state index in [0.29, 0.717) is 11.5 Å².